The molecule has 0 radical (unpaired) electrons. The smallest absolute Gasteiger partial charge is 0.264 e. The number of hydrogen-bond acceptors (Lipinski definition) is 5. The van der Waals surface area contributed by atoms with E-state index < -0.39 is 0 Å². The molecule has 1 aromatic heterocycles. The number of aromatic amines is 1. The van der Waals surface area contributed by atoms with Crippen molar-refractivity contribution in [2.75, 3.05) is 11.9 Å². The van der Waals surface area contributed by atoms with Crippen LogP contribution in [0, 0.1) is 0 Å². The molecule has 2 aromatic carbocycles. The maximum atomic E-state index is 12.3. The summed E-state index contributed by atoms with van der Waals surface area (Å²) in [5, 5.41) is 9.19. The molecule has 0 atom stereocenters. The number of halogens is 1. The number of nitrogens with zero attached hydrogens (tertiary/aromatic N) is 2. The molecule has 0 aliphatic carbocycles. The Kier molecular flexibility index (Phi) is 5.06. The fourth-order valence-corrected chi connectivity index (χ4v) is 2.18. The van der Waals surface area contributed by atoms with Gasteiger partial charge in [-0.25, -0.2) is 5.10 Å². The molecule has 0 saturated heterocycles. The number of ether oxygens (including phenoxy) is 1. The van der Waals surface area contributed by atoms with Gasteiger partial charge in [0.2, 0.25) is 5.95 Å². The number of amides is 1. The average molecular weight is 357 g/mol. The van der Waals surface area contributed by atoms with Crippen molar-refractivity contribution >= 4 is 29.2 Å². The third kappa shape index (κ3) is 4.42. The second-order valence-electron chi connectivity index (χ2n) is 5.03. The number of carbonyl (C=O) groups is 2. The van der Waals surface area contributed by atoms with Gasteiger partial charge in [0.05, 0.1) is 0 Å². The normalized spacial score (nSPS) is 10.3. The Morgan fingerprint density at radius 2 is 1.68 bits per heavy atom. The molecule has 25 heavy (non-hydrogen) atoms. The zero-order valence-electron chi connectivity index (χ0n) is 12.9. The van der Waals surface area contributed by atoms with Crippen LogP contribution in [0.4, 0.5) is 5.95 Å². The van der Waals surface area contributed by atoms with Gasteiger partial charge in [0.1, 0.15) is 12.1 Å². The van der Waals surface area contributed by atoms with E-state index in [1.54, 1.807) is 48.5 Å². The number of aromatic nitrogens is 3. The first-order valence-electron chi connectivity index (χ1n) is 7.30. The molecule has 0 unspecified atom stereocenters. The minimum absolute atomic E-state index is 0.119. The Morgan fingerprint density at radius 1 is 1.04 bits per heavy atom. The molecule has 126 valence electrons. The second-order valence-corrected chi connectivity index (χ2v) is 5.47. The summed E-state index contributed by atoms with van der Waals surface area (Å²) in [4.78, 5) is 27.8. The van der Waals surface area contributed by atoms with Crippen molar-refractivity contribution in [2.24, 2.45) is 0 Å². The molecule has 0 aliphatic heterocycles. The zero-order chi connectivity index (χ0) is 17.6. The number of benzene rings is 2. The number of nitrogens with one attached hydrogen (secondary N) is 2. The SMILES string of the molecule is O=C(COc1ccc(C(=O)c2ccc(Cl)cc2)cc1)Nc1ncn[nH]1. The van der Waals surface area contributed by atoms with Gasteiger partial charge in [-0.2, -0.15) is 10.1 Å². The molecular weight excluding hydrogens is 344 g/mol. The largest absolute Gasteiger partial charge is 0.484 e. The van der Waals surface area contributed by atoms with Crippen LogP contribution >= 0.6 is 11.6 Å². The first-order chi connectivity index (χ1) is 12.1. The fourth-order valence-electron chi connectivity index (χ4n) is 2.05. The van der Waals surface area contributed by atoms with Gasteiger partial charge < -0.3 is 4.74 Å². The van der Waals surface area contributed by atoms with Crippen molar-refractivity contribution in [1.29, 1.82) is 0 Å². The van der Waals surface area contributed by atoms with E-state index in [-0.39, 0.29) is 24.2 Å². The number of rotatable bonds is 6. The van der Waals surface area contributed by atoms with Crippen molar-refractivity contribution < 1.29 is 14.3 Å². The molecule has 8 heteroatoms. The number of H-pyrrole nitrogens is 1. The first-order valence-corrected chi connectivity index (χ1v) is 7.68. The molecular formula is C17H13ClN4O3. The van der Waals surface area contributed by atoms with Crippen molar-refractivity contribution in [2.45, 2.75) is 0 Å². The van der Waals surface area contributed by atoms with Gasteiger partial charge in [0.15, 0.2) is 12.4 Å². The fraction of sp³-hybridized carbons (Fsp3) is 0.0588. The van der Waals surface area contributed by atoms with E-state index in [9.17, 15) is 9.59 Å². The summed E-state index contributed by atoms with van der Waals surface area (Å²) in [5.74, 6) is 0.224. The van der Waals surface area contributed by atoms with Crippen LogP contribution in [0.25, 0.3) is 0 Å². The van der Waals surface area contributed by atoms with E-state index in [1.807, 2.05) is 0 Å². The Bertz CT molecular complexity index is 862. The van der Waals surface area contributed by atoms with E-state index in [2.05, 4.69) is 20.5 Å². The highest BCUT2D eigenvalue weighted by Gasteiger charge is 2.10. The molecule has 3 aromatic rings. The molecule has 0 spiro atoms. The summed E-state index contributed by atoms with van der Waals surface area (Å²) in [7, 11) is 0. The lowest BCUT2D eigenvalue weighted by Gasteiger charge is -2.07. The van der Waals surface area contributed by atoms with Crippen molar-refractivity contribution in [1.82, 2.24) is 15.2 Å². The monoisotopic (exact) mass is 356 g/mol. The predicted octanol–water partition coefficient (Wildman–Crippen LogP) is 2.71. The lowest BCUT2D eigenvalue weighted by Crippen LogP contribution is -2.20. The van der Waals surface area contributed by atoms with Gasteiger partial charge in [-0.15, -0.1) is 0 Å². The maximum absolute atomic E-state index is 12.3. The van der Waals surface area contributed by atoms with Crippen molar-refractivity contribution in [3.63, 3.8) is 0 Å². The summed E-state index contributed by atoms with van der Waals surface area (Å²) in [6.07, 6.45) is 1.28. The second kappa shape index (κ2) is 7.59. The van der Waals surface area contributed by atoms with Gasteiger partial charge in [-0.1, -0.05) is 11.6 Å². The third-order valence-corrected chi connectivity index (χ3v) is 3.52. The van der Waals surface area contributed by atoms with Crippen LogP contribution in [0.1, 0.15) is 15.9 Å². The topological polar surface area (TPSA) is 97.0 Å². The summed E-state index contributed by atoms with van der Waals surface area (Å²) >= 11 is 5.82. The Balaban J connectivity index is 1.57. The predicted molar refractivity (Wildman–Crippen MR) is 91.8 cm³/mol. The zero-order valence-corrected chi connectivity index (χ0v) is 13.7. The van der Waals surface area contributed by atoms with Crippen LogP contribution in [0.2, 0.25) is 5.02 Å². The van der Waals surface area contributed by atoms with E-state index in [1.165, 1.54) is 6.33 Å². The molecule has 0 bridgehead atoms. The summed E-state index contributed by atoms with van der Waals surface area (Å²) < 4.78 is 5.37. The highest BCUT2D eigenvalue weighted by molar-refractivity contribution is 6.30. The molecule has 2 N–H and O–H groups in total. The minimum Gasteiger partial charge on any atom is -0.484 e. The van der Waals surface area contributed by atoms with E-state index in [4.69, 9.17) is 16.3 Å². The maximum Gasteiger partial charge on any atom is 0.264 e. The van der Waals surface area contributed by atoms with Gasteiger partial charge >= 0.3 is 0 Å². The van der Waals surface area contributed by atoms with E-state index >= 15 is 0 Å². The number of anilines is 1. The van der Waals surface area contributed by atoms with Crippen LogP contribution < -0.4 is 10.1 Å². The molecule has 3 rings (SSSR count). The van der Waals surface area contributed by atoms with E-state index in [0.29, 0.717) is 21.9 Å². The van der Waals surface area contributed by atoms with Crippen LogP contribution in [0.3, 0.4) is 0 Å². The Morgan fingerprint density at radius 3 is 2.28 bits per heavy atom. The highest BCUT2D eigenvalue weighted by Crippen LogP contribution is 2.17. The van der Waals surface area contributed by atoms with Gasteiger partial charge in [-0.05, 0) is 48.5 Å². The molecule has 0 fully saturated rings. The van der Waals surface area contributed by atoms with Crippen LogP contribution in [-0.4, -0.2) is 33.5 Å². The number of carbonyl (C=O) groups excluding carboxylic acids is 2. The standard InChI is InChI=1S/C17H13ClN4O3/c18-13-5-1-11(2-6-13)16(24)12-3-7-14(8-4-12)25-9-15(23)21-17-19-10-20-22-17/h1-8,10H,9H2,(H2,19,20,21,22,23). The van der Waals surface area contributed by atoms with Crippen LogP contribution in [0.5, 0.6) is 5.75 Å². The number of hydrogen-bond donors (Lipinski definition) is 2. The van der Waals surface area contributed by atoms with Gasteiger partial charge in [-0.3, -0.25) is 14.9 Å². The number of ketones is 1. The van der Waals surface area contributed by atoms with Crippen LogP contribution in [-0.2, 0) is 4.79 Å². The van der Waals surface area contributed by atoms with Gasteiger partial charge in [0, 0.05) is 16.1 Å². The molecule has 1 heterocycles. The molecule has 7 nitrogen and oxygen atoms in total. The van der Waals surface area contributed by atoms with Crippen LogP contribution in [0.15, 0.2) is 54.9 Å². The quantitative estimate of drug-likeness (QED) is 0.662. The lowest BCUT2D eigenvalue weighted by molar-refractivity contribution is -0.118. The van der Waals surface area contributed by atoms with Gasteiger partial charge in [0.25, 0.3) is 5.91 Å². The molecule has 0 aliphatic rings. The minimum atomic E-state index is -0.377. The highest BCUT2D eigenvalue weighted by atomic mass is 35.5. The molecule has 0 saturated carbocycles. The third-order valence-electron chi connectivity index (χ3n) is 3.27. The lowest BCUT2D eigenvalue weighted by atomic mass is 10.0. The summed E-state index contributed by atoms with van der Waals surface area (Å²) in [6, 6.07) is 13.2. The first kappa shape index (κ1) is 16.7. The van der Waals surface area contributed by atoms with Crippen molar-refractivity contribution in [3.05, 3.63) is 71.0 Å². The average Bonchev–Trinajstić information content (AvgIpc) is 3.13. The van der Waals surface area contributed by atoms with E-state index in [0.717, 1.165) is 0 Å². The summed E-state index contributed by atoms with van der Waals surface area (Å²) in [5.41, 5.74) is 1.06. The Hall–Kier alpha value is -3.19. The Labute approximate surface area is 148 Å². The summed E-state index contributed by atoms with van der Waals surface area (Å²) in [6.45, 7) is -0.189. The molecule has 1 amide bonds. The van der Waals surface area contributed by atoms with Crippen molar-refractivity contribution in [3.8, 4) is 5.75 Å².